The van der Waals surface area contributed by atoms with Gasteiger partial charge in [0.1, 0.15) is 31.0 Å². The smallest absolute Gasteiger partial charge is 0.306 e. The predicted octanol–water partition coefficient (Wildman–Crippen LogP) is 8.88. The van der Waals surface area contributed by atoms with Gasteiger partial charge in [0.2, 0.25) is 0 Å². The summed E-state index contributed by atoms with van der Waals surface area (Å²) in [5.41, 5.74) is 0. The summed E-state index contributed by atoms with van der Waals surface area (Å²) in [6, 6.07) is 0. The molecule has 318 valence electrons. The van der Waals surface area contributed by atoms with E-state index in [1.54, 1.807) is 0 Å². The lowest BCUT2D eigenvalue weighted by atomic mass is 9.99. The molecule has 4 N–H and O–H groups in total. The summed E-state index contributed by atoms with van der Waals surface area (Å²) in [6.45, 7) is 3.33. The molecule has 0 saturated carbocycles. The number of aliphatic hydroxyl groups excluding tert-OH is 4. The van der Waals surface area contributed by atoms with Crippen LogP contribution >= 0.6 is 0 Å². The van der Waals surface area contributed by atoms with E-state index in [1.807, 2.05) is 0 Å². The molecule has 0 bridgehead atoms. The van der Waals surface area contributed by atoms with Gasteiger partial charge in [0.25, 0.3) is 0 Å². The molecule has 1 aliphatic rings. The zero-order valence-corrected chi connectivity index (χ0v) is 34.4. The largest absolute Gasteiger partial charge is 0.462 e. The van der Waals surface area contributed by atoms with Crippen molar-refractivity contribution in [2.45, 2.75) is 205 Å². The van der Waals surface area contributed by atoms with Crippen LogP contribution in [0.2, 0.25) is 0 Å². The number of aliphatic hydroxyl groups is 4. The Hall–Kier alpha value is -2.34. The van der Waals surface area contributed by atoms with E-state index >= 15 is 0 Å². The number of carbonyl (C=O) groups is 2. The average molecular weight is 779 g/mol. The maximum atomic E-state index is 12.7. The van der Waals surface area contributed by atoms with Crippen LogP contribution in [0.4, 0.5) is 0 Å². The molecular weight excluding hydrogens is 700 g/mol. The van der Waals surface area contributed by atoms with Gasteiger partial charge in [-0.2, -0.15) is 0 Å². The molecule has 0 radical (unpaired) electrons. The molecule has 1 fully saturated rings. The molecule has 0 aliphatic carbocycles. The molecule has 1 rings (SSSR count). The first-order valence-corrected chi connectivity index (χ1v) is 21.7. The summed E-state index contributed by atoms with van der Waals surface area (Å²) >= 11 is 0. The van der Waals surface area contributed by atoms with Gasteiger partial charge < -0.3 is 39.4 Å². The van der Waals surface area contributed by atoms with Crippen LogP contribution in [0.3, 0.4) is 0 Å². The van der Waals surface area contributed by atoms with Crippen molar-refractivity contribution in [1.29, 1.82) is 0 Å². The Morgan fingerprint density at radius 1 is 0.564 bits per heavy atom. The van der Waals surface area contributed by atoms with Crippen LogP contribution in [-0.4, -0.2) is 89.0 Å². The first kappa shape index (κ1) is 50.7. The Kier molecular flexibility index (Phi) is 33.2. The van der Waals surface area contributed by atoms with Gasteiger partial charge in [0, 0.05) is 12.8 Å². The number of allylic oxidation sites excluding steroid dienone is 8. The zero-order chi connectivity index (χ0) is 40.2. The molecule has 1 heterocycles. The van der Waals surface area contributed by atoms with Gasteiger partial charge in [0.05, 0.1) is 13.2 Å². The molecule has 55 heavy (non-hydrogen) atoms. The van der Waals surface area contributed by atoms with Crippen molar-refractivity contribution in [3.63, 3.8) is 0 Å². The van der Waals surface area contributed by atoms with Crippen LogP contribution < -0.4 is 0 Å². The van der Waals surface area contributed by atoms with Crippen molar-refractivity contribution in [2.24, 2.45) is 0 Å². The number of hydrogen-bond donors (Lipinski definition) is 4. The van der Waals surface area contributed by atoms with Crippen molar-refractivity contribution in [3.8, 4) is 0 Å². The lowest BCUT2D eigenvalue weighted by molar-refractivity contribution is -0.305. The SMILES string of the molecule is CCCCC/C=C/C/C=C/C/C=C/CCCCCCC(=O)O[C@H](COC(=O)CCCCC/C=C/CCCCCCCC)CO[C@@H]1O[C@H](CO)[C@H](O)C(O)C1O. The van der Waals surface area contributed by atoms with Gasteiger partial charge in [-0.3, -0.25) is 9.59 Å². The maximum absolute atomic E-state index is 12.7. The Morgan fingerprint density at radius 2 is 1.02 bits per heavy atom. The summed E-state index contributed by atoms with van der Waals surface area (Å²) in [6.07, 6.45) is 34.0. The molecule has 0 aromatic heterocycles. The second-order valence-corrected chi connectivity index (χ2v) is 14.8. The minimum absolute atomic E-state index is 0.200. The number of rotatable bonds is 35. The van der Waals surface area contributed by atoms with Gasteiger partial charge in [-0.1, -0.05) is 127 Å². The highest BCUT2D eigenvalue weighted by atomic mass is 16.7. The number of unbranched alkanes of at least 4 members (excludes halogenated alkanes) is 16. The van der Waals surface area contributed by atoms with Crippen LogP contribution in [0.15, 0.2) is 48.6 Å². The fourth-order valence-corrected chi connectivity index (χ4v) is 6.19. The van der Waals surface area contributed by atoms with E-state index in [-0.39, 0.29) is 26.1 Å². The van der Waals surface area contributed by atoms with Gasteiger partial charge in [0.15, 0.2) is 12.4 Å². The standard InChI is InChI=1S/C45H78O10/c1-3-5-7-9-11-13-15-17-18-19-20-22-24-26-28-30-32-34-41(48)54-38(37-53-45-44(51)43(50)42(49)39(35-46)55-45)36-52-40(47)33-31-29-27-25-23-21-16-14-12-10-8-6-4-2/h11,13,17-18,20-23,38-39,42-46,49-51H,3-10,12,14-16,19,24-37H2,1-2H3/b13-11+,18-17+,22-20+,23-21+/t38-,39-,42+,43?,44?,45-/m1/s1. The maximum Gasteiger partial charge on any atom is 0.306 e. The lowest BCUT2D eigenvalue weighted by Gasteiger charge is -2.39. The summed E-state index contributed by atoms with van der Waals surface area (Å²) < 4.78 is 22.1. The fourth-order valence-electron chi connectivity index (χ4n) is 6.19. The van der Waals surface area contributed by atoms with Crippen molar-refractivity contribution in [3.05, 3.63) is 48.6 Å². The molecule has 1 saturated heterocycles. The number of carbonyl (C=O) groups excluding carboxylic acids is 2. The second kappa shape index (κ2) is 36.0. The van der Waals surface area contributed by atoms with Gasteiger partial charge >= 0.3 is 11.9 Å². The summed E-state index contributed by atoms with van der Waals surface area (Å²) in [4.78, 5) is 25.3. The number of ether oxygens (including phenoxy) is 4. The Balaban J connectivity index is 2.39. The molecule has 0 spiro atoms. The lowest BCUT2D eigenvalue weighted by Crippen LogP contribution is -2.59. The molecule has 10 heteroatoms. The van der Waals surface area contributed by atoms with E-state index in [1.165, 1.54) is 64.2 Å². The molecular formula is C45H78O10. The molecule has 2 unspecified atom stereocenters. The highest BCUT2D eigenvalue weighted by Gasteiger charge is 2.44. The average Bonchev–Trinajstić information content (AvgIpc) is 3.18. The van der Waals surface area contributed by atoms with Crippen LogP contribution in [0.25, 0.3) is 0 Å². The quantitative estimate of drug-likeness (QED) is 0.0279. The molecule has 10 nitrogen and oxygen atoms in total. The van der Waals surface area contributed by atoms with E-state index in [0.717, 1.165) is 64.2 Å². The van der Waals surface area contributed by atoms with Gasteiger partial charge in [-0.05, 0) is 77.0 Å². The Bertz CT molecular complexity index is 1040. The third-order valence-electron chi connectivity index (χ3n) is 9.69. The van der Waals surface area contributed by atoms with E-state index in [9.17, 15) is 30.0 Å². The third kappa shape index (κ3) is 27.8. The first-order chi connectivity index (χ1) is 26.8. The molecule has 1 aliphatic heterocycles. The minimum atomic E-state index is -1.60. The van der Waals surface area contributed by atoms with E-state index in [2.05, 4.69) is 62.5 Å². The predicted molar refractivity (Wildman–Crippen MR) is 219 cm³/mol. The van der Waals surface area contributed by atoms with Crippen molar-refractivity contribution in [1.82, 2.24) is 0 Å². The molecule has 6 atom stereocenters. The first-order valence-electron chi connectivity index (χ1n) is 21.7. The second-order valence-electron chi connectivity index (χ2n) is 14.8. The normalized spacial score (nSPS) is 21.0. The summed E-state index contributed by atoms with van der Waals surface area (Å²) in [5, 5.41) is 40.0. The van der Waals surface area contributed by atoms with E-state index < -0.39 is 55.4 Å². The molecule has 0 aromatic rings. The van der Waals surface area contributed by atoms with E-state index in [0.29, 0.717) is 12.8 Å². The zero-order valence-electron chi connectivity index (χ0n) is 34.4. The van der Waals surface area contributed by atoms with Crippen LogP contribution in [0.5, 0.6) is 0 Å². The van der Waals surface area contributed by atoms with Crippen molar-refractivity contribution >= 4 is 11.9 Å². The number of hydrogen-bond acceptors (Lipinski definition) is 10. The number of esters is 2. The van der Waals surface area contributed by atoms with Gasteiger partial charge in [-0.15, -0.1) is 0 Å². The van der Waals surface area contributed by atoms with Crippen molar-refractivity contribution < 1.29 is 49.0 Å². The fraction of sp³-hybridized carbons (Fsp3) is 0.778. The Labute approximate surface area is 333 Å². The van der Waals surface area contributed by atoms with Gasteiger partial charge in [-0.25, -0.2) is 0 Å². The summed E-state index contributed by atoms with van der Waals surface area (Å²) in [5.74, 6) is -0.853. The van der Waals surface area contributed by atoms with Crippen molar-refractivity contribution in [2.75, 3.05) is 19.8 Å². The summed E-state index contributed by atoms with van der Waals surface area (Å²) in [7, 11) is 0. The van der Waals surface area contributed by atoms with E-state index in [4.69, 9.17) is 18.9 Å². The van der Waals surface area contributed by atoms with Crippen LogP contribution in [0.1, 0.15) is 168 Å². The topological polar surface area (TPSA) is 152 Å². The third-order valence-corrected chi connectivity index (χ3v) is 9.69. The monoisotopic (exact) mass is 779 g/mol. The Morgan fingerprint density at radius 3 is 1.60 bits per heavy atom. The minimum Gasteiger partial charge on any atom is -0.462 e. The highest BCUT2D eigenvalue weighted by molar-refractivity contribution is 5.70. The van der Waals surface area contributed by atoms with Crippen LogP contribution in [-0.2, 0) is 28.5 Å². The molecule has 0 amide bonds. The highest BCUT2D eigenvalue weighted by Crippen LogP contribution is 2.22. The molecule has 0 aromatic carbocycles. The van der Waals surface area contributed by atoms with Crippen LogP contribution in [0, 0.1) is 0 Å².